The van der Waals surface area contributed by atoms with E-state index in [4.69, 9.17) is 11.6 Å². The van der Waals surface area contributed by atoms with Crippen LogP contribution in [0.4, 0.5) is 11.4 Å². The second-order valence-corrected chi connectivity index (χ2v) is 8.65. The van der Waals surface area contributed by atoms with Gasteiger partial charge in [0.2, 0.25) is 5.91 Å². The molecule has 0 aromatic heterocycles. The molecule has 5 heteroatoms. The molecule has 1 saturated heterocycles. The average Bonchev–Trinajstić information content (AvgIpc) is 3.26. The number of piperazine rings is 1. The van der Waals surface area contributed by atoms with E-state index in [1.807, 2.05) is 36.4 Å². The molecule has 0 bridgehead atoms. The topological polar surface area (TPSA) is 35.6 Å². The highest BCUT2D eigenvalue weighted by Crippen LogP contribution is 2.42. The van der Waals surface area contributed by atoms with Crippen LogP contribution in [0.2, 0.25) is 5.02 Å². The molecule has 4 rings (SSSR count). The summed E-state index contributed by atoms with van der Waals surface area (Å²) in [7, 11) is 0. The number of halogens is 1. The SMILES string of the molecule is CCN1CCN(c2ccc(NC(=O)C3(c4ccc(Cl)cc4)CCCC3)cc2)CC1. The lowest BCUT2D eigenvalue weighted by molar-refractivity contribution is -0.121. The minimum Gasteiger partial charge on any atom is -0.369 e. The van der Waals surface area contributed by atoms with Crippen LogP contribution in [0.25, 0.3) is 0 Å². The molecule has 1 aliphatic heterocycles. The maximum Gasteiger partial charge on any atom is 0.235 e. The van der Waals surface area contributed by atoms with Crippen molar-refractivity contribution >= 4 is 28.9 Å². The minimum atomic E-state index is -0.445. The summed E-state index contributed by atoms with van der Waals surface area (Å²) in [5.74, 6) is 0.0987. The molecule has 0 unspecified atom stereocenters. The Morgan fingerprint density at radius 1 is 0.966 bits per heavy atom. The van der Waals surface area contributed by atoms with Gasteiger partial charge in [-0.3, -0.25) is 4.79 Å². The van der Waals surface area contributed by atoms with E-state index < -0.39 is 5.41 Å². The van der Waals surface area contributed by atoms with E-state index in [0.29, 0.717) is 5.02 Å². The van der Waals surface area contributed by atoms with Crippen LogP contribution < -0.4 is 10.2 Å². The Kier molecular flexibility index (Phi) is 6.12. The Hall–Kier alpha value is -2.04. The predicted octanol–water partition coefficient (Wildman–Crippen LogP) is 4.93. The molecular weight excluding hydrogens is 382 g/mol. The lowest BCUT2D eigenvalue weighted by Crippen LogP contribution is -2.46. The fourth-order valence-corrected chi connectivity index (χ4v) is 4.85. The first kappa shape index (κ1) is 20.2. The lowest BCUT2D eigenvalue weighted by atomic mass is 9.78. The molecule has 1 aliphatic carbocycles. The molecule has 0 spiro atoms. The number of nitrogens with zero attached hydrogens (tertiary/aromatic N) is 2. The van der Waals surface area contributed by atoms with Gasteiger partial charge < -0.3 is 15.1 Å². The summed E-state index contributed by atoms with van der Waals surface area (Å²) in [4.78, 5) is 18.2. The smallest absolute Gasteiger partial charge is 0.235 e. The fourth-order valence-electron chi connectivity index (χ4n) is 4.72. The molecule has 1 N–H and O–H groups in total. The highest BCUT2D eigenvalue weighted by molar-refractivity contribution is 6.30. The standard InChI is InChI=1S/C24H30ClN3O/c1-2-27-15-17-28(18-16-27)22-11-9-21(10-12-22)26-23(29)24(13-3-4-14-24)19-5-7-20(25)8-6-19/h5-12H,2-4,13-18H2,1H3,(H,26,29). The lowest BCUT2D eigenvalue weighted by Gasteiger charge is -2.35. The molecule has 2 aromatic carbocycles. The number of hydrogen-bond acceptors (Lipinski definition) is 3. The summed E-state index contributed by atoms with van der Waals surface area (Å²) in [6.07, 6.45) is 3.94. The van der Waals surface area contributed by atoms with Crippen molar-refractivity contribution in [3.05, 3.63) is 59.1 Å². The quantitative estimate of drug-likeness (QED) is 0.757. The van der Waals surface area contributed by atoms with Crippen molar-refractivity contribution in [2.45, 2.75) is 38.0 Å². The zero-order valence-corrected chi connectivity index (χ0v) is 17.9. The van der Waals surface area contributed by atoms with Gasteiger partial charge in [-0.2, -0.15) is 0 Å². The summed E-state index contributed by atoms with van der Waals surface area (Å²) in [6.45, 7) is 7.66. The van der Waals surface area contributed by atoms with E-state index in [1.54, 1.807) is 0 Å². The number of rotatable bonds is 5. The minimum absolute atomic E-state index is 0.0987. The van der Waals surface area contributed by atoms with E-state index in [0.717, 1.165) is 69.7 Å². The van der Waals surface area contributed by atoms with Crippen LogP contribution in [0.1, 0.15) is 38.2 Å². The zero-order valence-electron chi connectivity index (χ0n) is 17.2. The van der Waals surface area contributed by atoms with Gasteiger partial charge in [0.1, 0.15) is 0 Å². The van der Waals surface area contributed by atoms with E-state index in [9.17, 15) is 4.79 Å². The monoisotopic (exact) mass is 411 g/mol. The van der Waals surface area contributed by atoms with Gasteiger partial charge in [0.05, 0.1) is 5.41 Å². The summed E-state index contributed by atoms with van der Waals surface area (Å²) >= 11 is 6.06. The summed E-state index contributed by atoms with van der Waals surface area (Å²) in [5.41, 5.74) is 2.72. The Morgan fingerprint density at radius 3 is 2.17 bits per heavy atom. The fraction of sp³-hybridized carbons (Fsp3) is 0.458. The number of nitrogens with one attached hydrogen (secondary N) is 1. The first-order valence-corrected chi connectivity index (χ1v) is 11.1. The number of hydrogen-bond donors (Lipinski definition) is 1. The van der Waals surface area contributed by atoms with Gasteiger partial charge in [0.25, 0.3) is 0 Å². The molecule has 0 atom stereocenters. The highest BCUT2D eigenvalue weighted by atomic mass is 35.5. The van der Waals surface area contributed by atoms with Crippen LogP contribution in [0.5, 0.6) is 0 Å². The van der Waals surface area contributed by atoms with E-state index >= 15 is 0 Å². The van der Waals surface area contributed by atoms with Gasteiger partial charge in [-0.15, -0.1) is 0 Å². The van der Waals surface area contributed by atoms with Gasteiger partial charge in [-0.05, 0) is 61.3 Å². The van der Waals surface area contributed by atoms with Gasteiger partial charge in [-0.25, -0.2) is 0 Å². The summed E-state index contributed by atoms with van der Waals surface area (Å²) in [6, 6.07) is 16.1. The summed E-state index contributed by atoms with van der Waals surface area (Å²) < 4.78 is 0. The second-order valence-electron chi connectivity index (χ2n) is 8.22. The van der Waals surface area contributed by atoms with Crippen LogP contribution in [-0.4, -0.2) is 43.5 Å². The van der Waals surface area contributed by atoms with Crippen molar-refractivity contribution in [3.8, 4) is 0 Å². The van der Waals surface area contributed by atoms with Crippen molar-refractivity contribution in [2.75, 3.05) is 42.9 Å². The Bertz CT molecular complexity index is 820. The molecule has 29 heavy (non-hydrogen) atoms. The first-order valence-electron chi connectivity index (χ1n) is 10.8. The number of benzene rings is 2. The van der Waals surface area contributed by atoms with Crippen molar-refractivity contribution in [3.63, 3.8) is 0 Å². The zero-order chi connectivity index (χ0) is 20.3. The van der Waals surface area contributed by atoms with Crippen molar-refractivity contribution in [1.82, 2.24) is 4.90 Å². The summed E-state index contributed by atoms with van der Waals surface area (Å²) in [5, 5.41) is 3.89. The molecule has 154 valence electrons. The second kappa shape index (κ2) is 8.76. The number of carbonyl (C=O) groups is 1. The maximum absolute atomic E-state index is 13.3. The Balaban J connectivity index is 1.45. The Labute approximate surface area is 178 Å². The predicted molar refractivity (Wildman–Crippen MR) is 121 cm³/mol. The largest absolute Gasteiger partial charge is 0.369 e. The van der Waals surface area contributed by atoms with E-state index in [1.165, 1.54) is 5.69 Å². The molecule has 1 saturated carbocycles. The molecule has 0 radical (unpaired) electrons. The van der Waals surface area contributed by atoms with Crippen LogP contribution >= 0.6 is 11.6 Å². The van der Waals surface area contributed by atoms with E-state index in [-0.39, 0.29) is 5.91 Å². The molecule has 2 aliphatic rings. The molecule has 1 heterocycles. The average molecular weight is 412 g/mol. The molecule has 1 amide bonds. The van der Waals surface area contributed by atoms with Crippen molar-refractivity contribution in [2.24, 2.45) is 0 Å². The molecule has 4 nitrogen and oxygen atoms in total. The number of likely N-dealkylation sites (N-methyl/N-ethyl adjacent to an activating group) is 1. The third-order valence-electron chi connectivity index (χ3n) is 6.60. The van der Waals surface area contributed by atoms with Gasteiger partial charge in [0, 0.05) is 42.6 Å². The van der Waals surface area contributed by atoms with Crippen LogP contribution in [0.15, 0.2) is 48.5 Å². The third kappa shape index (κ3) is 4.29. The van der Waals surface area contributed by atoms with Crippen molar-refractivity contribution in [1.29, 1.82) is 0 Å². The molecule has 2 fully saturated rings. The van der Waals surface area contributed by atoms with Gasteiger partial charge >= 0.3 is 0 Å². The normalized spacial score (nSPS) is 19.3. The molecular formula is C24H30ClN3O. The van der Waals surface area contributed by atoms with Crippen LogP contribution in [0.3, 0.4) is 0 Å². The third-order valence-corrected chi connectivity index (χ3v) is 6.85. The first-order chi connectivity index (χ1) is 14.1. The number of amides is 1. The van der Waals surface area contributed by atoms with Crippen LogP contribution in [-0.2, 0) is 10.2 Å². The number of carbonyl (C=O) groups excluding carboxylic acids is 1. The van der Waals surface area contributed by atoms with Gasteiger partial charge in [0.15, 0.2) is 0 Å². The maximum atomic E-state index is 13.3. The van der Waals surface area contributed by atoms with E-state index in [2.05, 4.69) is 34.2 Å². The van der Waals surface area contributed by atoms with Crippen molar-refractivity contribution < 1.29 is 4.79 Å². The molecule has 2 aromatic rings. The van der Waals surface area contributed by atoms with Gasteiger partial charge in [-0.1, -0.05) is 43.5 Å². The number of anilines is 2. The van der Waals surface area contributed by atoms with Crippen LogP contribution in [0, 0.1) is 0 Å². The highest BCUT2D eigenvalue weighted by Gasteiger charge is 2.42. The Morgan fingerprint density at radius 2 is 1.59 bits per heavy atom.